The maximum absolute atomic E-state index is 6.10. The van der Waals surface area contributed by atoms with E-state index in [9.17, 15) is 0 Å². The monoisotopic (exact) mass is 284 g/mol. The van der Waals surface area contributed by atoms with Crippen molar-refractivity contribution in [1.29, 1.82) is 0 Å². The Bertz CT molecular complexity index is 615. The van der Waals surface area contributed by atoms with Gasteiger partial charge < -0.3 is 10.5 Å². The largest absolute Gasteiger partial charge is 0.455 e. The first kappa shape index (κ1) is 15.5. The van der Waals surface area contributed by atoms with Crippen LogP contribution in [0.15, 0.2) is 36.7 Å². The van der Waals surface area contributed by atoms with Crippen molar-refractivity contribution in [2.75, 3.05) is 6.54 Å². The van der Waals surface area contributed by atoms with E-state index in [0.717, 1.165) is 23.5 Å². The lowest BCUT2D eigenvalue weighted by Crippen LogP contribution is -2.12. The maximum atomic E-state index is 6.10. The van der Waals surface area contributed by atoms with Crippen LogP contribution in [0.2, 0.25) is 0 Å². The van der Waals surface area contributed by atoms with Crippen molar-refractivity contribution in [1.82, 2.24) is 4.98 Å². The summed E-state index contributed by atoms with van der Waals surface area (Å²) in [6.07, 6.45) is 4.39. The van der Waals surface area contributed by atoms with Crippen molar-refractivity contribution < 1.29 is 4.74 Å². The smallest absolute Gasteiger partial charge is 0.145 e. The highest BCUT2D eigenvalue weighted by Crippen LogP contribution is 2.34. The molecule has 0 fully saturated rings. The molecule has 2 aromatic rings. The minimum absolute atomic E-state index is 0.0331. The Morgan fingerprint density at radius 3 is 2.57 bits per heavy atom. The van der Waals surface area contributed by atoms with E-state index >= 15 is 0 Å². The molecule has 0 aliphatic heterocycles. The third kappa shape index (κ3) is 4.05. The van der Waals surface area contributed by atoms with E-state index in [0.29, 0.717) is 6.54 Å². The van der Waals surface area contributed by atoms with Crippen LogP contribution >= 0.6 is 0 Å². The van der Waals surface area contributed by atoms with Gasteiger partial charge in [-0.25, -0.2) is 0 Å². The third-order valence-electron chi connectivity index (χ3n) is 3.38. The molecule has 21 heavy (non-hydrogen) atoms. The molecule has 1 heterocycles. The van der Waals surface area contributed by atoms with Crippen LogP contribution in [0.1, 0.15) is 37.5 Å². The van der Waals surface area contributed by atoms with Crippen molar-refractivity contribution >= 4 is 0 Å². The zero-order valence-corrected chi connectivity index (χ0v) is 13.3. The maximum Gasteiger partial charge on any atom is 0.145 e. The molecule has 112 valence electrons. The molecule has 0 atom stereocenters. The minimum atomic E-state index is 0.0331. The second-order valence-electron chi connectivity index (χ2n) is 6.42. The summed E-state index contributed by atoms with van der Waals surface area (Å²) in [5.74, 6) is 1.66. The predicted octanol–water partition coefficient (Wildman–Crippen LogP) is 3.98. The predicted molar refractivity (Wildman–Crippen MR) is 86.9 cm³/mol. The van der Waals surface area contributed by atoms with Crippen molar-refractivity contribution in [3.05, 3.63) is 53.3 Å². The van der Waals surface area contributed by atoms with Gasteiger partial charge in [0.15, 0.2) is 0 Å². The molecule has 2 rings (SSSR count). The van der Waals surface area contributed by atoms with Crippen molar-refractivity contribution in [2.45, 2.75) is 39.5 Å². The molecule has 0 spiro atoms. The van der Waals surface area contributed by atoms with E-state index in [1.54, 1.807) is 6.20 Å². The number of benzene rings is 1. The average molecular weight is 284 g/mol. The van der Waals surface area contributed by atoms with Crippen molar-refractivity contribution in [3.8, 4) is 11.5 Å². The van der Waals surface area contributed by atoms with Gasteiger partial charge in [0.2, 0.25) is 0 Å². The summed E-state index contributed by atoms with van der Waals surface area (Å²) in [5, 5.41) is 0. The van der Waals surface area contributed by atoms with Crippen molar-refractivity contribution in [3.63, 3.8) is 0 Å². The van der Waals surface area contributed by atoms with E-state index in [-0.39, 0.29) is 5.41 Å². The van der Waals surface area contributed by atoms with Gasteiger partial charge in [-0.1, -0.05) is 32.9 Å². The molecule has 1 aromatic heterocycles. The molecule has 1 aromatic carbocycles. The summed E-state index contributed by atoms with van der Waals surface area (Å²) < 4.78 is 6.10. The highest BCUT2D eigenvalue weighted by molar-refractivity contribution is 5.44. The van der Waals surface area contributed by atoms with Crippen molar-refractivity contribution in [2.24, 2.45) is 5.73 Å². The lowest BCUT2D eigenvalue weighted by molar-refractivity contribution is 0.452. The zero-order valence-electron chi connectivity index (χ0n) is 13.3. The van der Waals surface area contributed by atoms with Crippen LogP contribution < -0.4 is 10.5 Å². The minimum Gasteiger partial charge on any atom is -0.455 e. The highest BCUT2D eigenvalue weighted by atomic mass is 16.5. The quantitative estimate of drug-likeness (QED) is 0.923. The van der Waals surface area contributed by atoms with Gasteiger partial charge in [0.1, 0.15) is 11.5 Å². The lowest BCUT2D eigenvalue weighted by atomic mass is 9.86. The van der Waals surface area contributed by atoms with Crippen LogP contribution in [0.25, 0.3) is 0 Å². The number of ether oxygens (including phenoxy) is 1. The number of nitrogens with zero attached hydrogens (tertiary/aromatic N) is 1. The molecule has 0 radical (unpaired) electrons. The second kappa shape index (κ2) is 6.27. The van der Waals surface area contributed by atoms with E-state index in [4.69, 9.17) is 10.5 Å². The van der Waals surface area contributed by atoms with Crippen LogP contribution in [0.5, 0.6) is 11.5 Å². The van der Waals surface area contributed by atoms with Crippen LogP contribution in [-0.4, -0.2) is 11.5 Å². The number of nitrogens with two attached hydrogens (primary N) is 1. The average Bonchev–Trinajstić information content (AvgIpc) is 2.38. The molecule has 0 aliphatic carbocycles. The Kier molecular flexibility index (Phi) is 4.63. The molecule has 0 amide bonds. The van der Waals surface area contributed by atoms with Gasteiger partial charge in [0, 0.05) is 11.8 Å². The summed E-state index contributed by atoms with van der Waals surface area (Å²) >= 11 is 0. The zero-order chi connectivity index (χ0) is 15.5. The number of rotatable bonds is 4. The number of hydrogen-bond donors (Lipinski definition) is 1. The molecule has 3 nitrogen and oxygen atoms in total. The fourth-order valence-corrected chi connectivity index (χ4v) is 2.28. The molecule has 0 bridgehead atoms. The summed E-state index contributed by atoms with van der Waals surface area (Å²) in [6, 6.07) is 8.35. The summed E-state index contributed by atoms with van der Waals surface area (Å²) in [6.45, 7) is 9.25. The Morgan fingerprint density at radius 1 is 1.14 bits per heavy atom. The van der Waals surface area contributed by atoms with Crippen LogP contribution in [-0.2, 0) is 11.8 Å². The SMILES string of the molecule is Cc1ccc(C(C)(C)C)c(Oc2cncc(CCN)c2)c1. The number of hydrogen-bond acceptors (Lipinski definition) is 3. The van der Waals surface area contributed by atoms with Crippen LogP contribution in [0.3, 0.4) is 0 Å². The second-order valence-corrected chi connectivity index (χ2v) is 6.42. The fourth-order valence-electron chi connectivity index (χ4n) is 2.28. The molecule has 2 N–H and O–H groups in total. The Labute approximate surface area is 127 Å². The number of aromatic nitrogens is 1. The topological polar surface area (TPSA) is 48.1 Å². The third-order valence-corrected chi connectivity index (χ3v) is 3.38. The summed E-state index contributed by atoms with van der Waals surface area (Å²) in [4.78, 5) is 4.23. The Balaban J connectivity index is 2.34. The Hall–Kier alpha value is -1.87. The molecule has 3 heteroatoms. The fraction of sp³-hybridized carbons (Fsp3) is 0.389. The molecular weight excluding hydrogens is 260 g/mol. The number of aryl methyl sites for hydroxylation is 1. The van der Waals surface area contributed by atoms with E-state index in [1.165, 1.54) is 11.1 Å². The molecule has 0 unspecified atom stereocenters. The van der Waals surface area contributed by atoms with Gasteiger partial charge in [-0.2, -0.15) is 0 Å². The van der Waals surface area contributed by atoms with Crippen LogP contribution in [0, 0.1) is 6.92 Å². The Morgan fingerprint density at radius 2 is 1.90 bits per heavy atom. The van der Waals surface area contributed by atoms with Gasteiger partial charge in [0.25, 0.3) is 0 Å². The normalized spacial score (nSPS) is 11.5. The van der Waals surface area contributed by atoms with Gasteiger partial charge in [-0.15, -0.1) is 0 Å². The van der Waals surface area contributed by atoms with E-state index in [1.807, 2.05) is 12.3 Å². The summed E-state index contributed by atoms with van der Waals surface area (Å²) in [7, 11) is 0. The van der Waals surface area contributed by atoms with Gasteiger partial charge in [-0.05, 0) is 48.6 Å². The van der Waals surface area contributed by atoms with E-state index < -0.39 is 0 Å². The lowest BCUT2D eigenvalue weighted by Gasteiger charge is -2.23. The van der Waals surface area contributed by atoms with Gasteiger partial charge in [-0.3, -0.25) is 4.98 Å². The first-order chi connectivity index (χ1) is 9.90. The van der Waals surface area contributed by atoms with Gasteiger partial charge >= 0.3 is 0 Å². The standard InChI is InChI=1S/C18H24N2O/c1-13-5-6-16(18(2,3)4)17(9-13)21-15-10-14(7-8-19)11-20-12-15/h5-6,9-12H,7-8,19H2,1-4H3. The first-order valence-electron chi connectivity index (χ1n) is 7.33. The highest BCUT2D eigenvalue weighted by Gasteiger charge is 2.19. The van der Waals surface area contributed by atoms with E-state index in [2.05, 4.69) is 50.9 Å². The van der Waals surface area contributed by atoms with Crippen LogP contribution in [0.4, 0.5) is 0 Å². The molecule has 0 saturated carbocycles. The first-order valence-corrected chi connectivity index (χ1v) is 7.33. The van der Waals surface area contributed by atoms with Gasteiger partial charge in [0.05, 0.1) is 6.20 Å². The molecular formula is C18H24N2O. The summed E-state index contributed by atoms with van der Waals surface area (Å²) in [5.41, 5.74) is 9.10. The number of pyridine rings is 1. The molecule has 0 saturated heterocycles. The molecule has 0 aliphatic rings.